The van der Waals surface area contributed by atoms with Gasteiger partial charge >= 0.3 is 6.18 Å². The van der Waals surface area contributed by atoms with Crippen LogP contribution < -0.4 is 19.5 Å². The van der Waals surface area contributed by atoms with Crippen LogP contribution in [0.3, 0.4) is 0 Å². The third-order valence-electron chi connectivity index (χ3n) is 4.15. The fourth-order valence-electron chi connectivity index (χ4n) is 2.68. The van der Waals surface area contributed by atoms with Crippen molar-refractivity contribution in [1.82, 2.24) is 0 Å². The first kappa shape index (κ1) is 19.6. The average Bonchev–Trinajstić information content (AvgIpc) is 3.36. The van der Waals surface area contributed by atoms with Gasteiger partial charge in [-0.2, -0.15) is 13.2 Å². The number of rotatable bonds is 5. The highest BCUT2D eigenvalue weighted by Gasteiger charge is 2.31. The predicted octanol–water partition coefficient (Wildman–Crippen LogP) is 5.00. The van der Waals surface area contributed by atoms with E-state index in [0.29, 0.717) is 35.4 Å². The number of hydrogen-bond acceptors (Lipinski definition) is 5. The molecule has 6 nitrogen and oxygen atoms in total. The van der Waals surface area contributed by atoms with Crippen LogP contribution in [-0.4, -0.2) is 12.7 Å². The summed E-state index contributed by atoms with van der Waals surface area (Å²) in [6.45, 7) is 0.104. The first-order chi connectivity index (χ1) is 14.3. The third-order valence-corrected chi connectivity index (χ3v) is 4.15. The minimum atomic E-state index is -4.67. The molecule has 0 fully saturated rings. The van der Waals surface area contributed by atoms with Gasteiger partial charge in [-0.15, -0.1) is 0 Å². The molecule has 1 aliphatic rings. The number of amides is 1. The van der Waals surface area contributed by atoms with Crippen LogP contribution in [0.5, 0.6) is 17.2 Å². The van der Waals surface area contributed by atoms with Crippen LogP contribution in [0, 0.1) is 5.82 Å². The summed E-state index contributed by atoms with van der Waals surface area (Å²) in [7, 11) is 0. The molecular formula is C20H13F4NO5. The number of fused-ring (bicyclic) bond motifs is 1. The zero-order valence-corrected chi connectivity index (χ0v) is 15.1. The van der Waals surface area contributed by atoms with Gasteiger partial charge in [-0.3, -0.25) is 4.79 Å². The Balaban J connectivity index is 1.41. The Morgan fingerprint density at radius 2 is 1.83 bits per heavy atom. The van der Waals surface area contributed by atoms with E-state index in [0.717, 1.165) is 0 Å². The standard InChI is InChI=1S/C20H13F4NO5/c21-14-4-1-11(20(22,23)24)7-15(14)25-19(26)17-6-3-13(30-17)9-27-12-2-5-16-18(8-12)29-10-28-16/h1-8H,9-10H2,(H,25,26). The van der Waals surface area contributed by atoms with Crippen LogP contribution in [0.15, 0.2) is 52.9 Å². The molecule has 156 valence electrons. The third kappa shape index (κ3) is 4.17. The first-order valence-corrected chi connectivity index (χ1v) is 8.59. The molecule has 0 saturated heterocycles. The zero-order valence-electron chi connectivity index (χ0n) is 15.1. The van der Waals surface area contributed by atoms with E-state index in [1.807, 2.05) is 0 Å². The Labute approximate surface area is 167 Å². The number of halogens is 4. The molecule has 2 heterocycles. The second kappa shape index (κ2) is 7.62. The zero-order chi connectivity index (χ0) is 21.3. The van der Waals surface area contributed by atoms with Crippen LogP contribution in [-0.2, 0) is 12.8 Å². The molecule has 0 aliphatic carbocycles. The summed E-state index contributed by atoms with van der Waals surface area (Å²) in [4.78, 5) is 12.2. The topological polar surface area (TPSA) is 69.9 Å². The van der Waals surface area contributed by atoms with Crippen molar-refractivity contribution in [2.45, 2.75) is 12.8 Å². The molecule has 30 heavy (non-hydrogen) atoms. The van der Waals surface area contributed by atoms with E-state index >= 15 is 0 Å². The van der Waals surface area contributed by atoms with Gasteiger partial charge in [0.1, 0.15) is 23.9 Å². The summed E-state index contributed by atoms with van der Waals surface area (Å²) in [6.07, 6.45) is -4.67. The Bertz CT molecular complexity index is 1090. The number of carbonyl (C=O) groups excluding carboxylic acids is 1. The lowest BCUT2D eigenvalue weighted by atomic mass is 10.2. The van der Waals surface area contributed by atoms with Crippen molar-refractivity contribution in [3.63, 3.8) is 0 Å². The van der Waals surface area contributed by atoms with Crippen molar-refractivity contribution in [3.05, 3.63) is 71.4 Å². The molecule has 2 aromatic carbocycles. The number of furan rings is 1. The number of nitrogens with one attached hydrogen (secondary N) is 1. The van der Waals surface area contributed by atoms with Gasteiger partial charge < -0.3 is 23.9 Å². The Hall–Kier alpha value is -3.69. The number of hydrogen-bond donors (Lipinski definition) is 1. The van der Waals surface area contributed by atoms with Crippen LogP contribution in [0.2, 0.25) is 0 Å². The number of alkyl halides is 3. The van der Waals surface area contributed by atoms with Crippen molar-refractivity contribution in [1.29, 1.82) is 0 Å². The number of ether oxygens (including phenoxy) is 3. The van der Waals surface area contributed by atoms with E-state index in [2.05, 4.69) is 5.32 Å². The quantitative estimate of drug-likeness (QED) is 0.585. The lowest BCUT2D eigenvalue weighted by molar-refractivity contribution is -0.137. The molecule has 0 unspecified atom stereocenters. The molecule has 0 spiro atoms. The van der Waals surface area contributed by atoms with E-state index in [-0.39, 0.29) is 24.9 Å². The molecule has 0 bridgehead atoms. The minimum Gasteiger partial charge on any atom is -0.486 e. The number of benzene rings is 2. The molecule has 1 aromatic heterocycles. The molecular weight excluding hydrogens is 410 g/mol. The van der Waals surface area contributed by atoms with Gasteiger partial charge in [0.15, 0.2) is 17.3 Å². The van der Waals surface area contributed by atoms with Gasteiger partial charge in [0.2, 0.25) is 6.79 Å². The Kier molecular flexibility index (Phi) is 4.98. The fraction of sp³-hybridized carbons (Fsp3) is 0.150. The van der Waals surface area contributed by atoms with Crippen molar-refractivity contribution in [2.24, 2.45) is 0 Å². The SMILES string of the molecule is O=C(Nc1cc(C(F)(F)F)ccc1F)c1ccc(COc2ccc3c(c2)OCO3)o1. The molecule has 3 aromatic rings. The van der Waals surface area contributed by atoms with E-state index in [1.54, 1.807) is 18.2 Å². The van der Waals surface area contributed by atoms with E-state index in [4.69, 9.17) is 18.6 Å². The van der Waals surface area contributed by atoms with Crippen molar-refractivity contribution >= 4 is 11.6 Å². The van der Waals surface area contributed by atoms with Gasteiger partial charge in [0, 0.05) is 6.07 Å². The van der Waals surface area contributed by atoms with Crippen LogP contribution >= 0.6 is 0 Å². The Morgan fingerprint density at radius 3 is 2.63 bits per heavy atom. The van der Waals surface area contributed by atoms with E-state index < -0.39 is 29.2 Å². The monoisotopic (exact) mass is 423 g/mol. The molecule has 0 atom stereocenters. The predicted molar refractivity (Wildman–Crippen MR) is 95.0 cm³/mol. The van der Waals surface area contributed by atoms with Crippen molar-refractivity contribution in [2.75, 3.05) is 12.1 Å². The maximum Gasteiger partial charge on any atom is 0.416 e. The fourth-order valence-corrected chi connectivity index (χ4v) is 2.68. The van der Waals surface area contributed by atoms with E-state index in [1.165, 1.54) is 12.1 Å². The summed E-state index contributed by atoms with van der Waals surface area (Å²) >= 11 is 0. The normalized spacial score (nSPS) is 12.7. The highest BCUT2D eigenvalue weighted by Crippen LogP contribution is 2.35. The lowest BCUT2D eigenvalue weighted by Gasteiger charge is -2.10. The summed E-state index contributed by atoms with van der Waals surface area (Å²) < 4.78 is 73.5. The van der Waals surface area contributed by atoms with Gasteiger partial charge in [0.25, 0.3) is 5.91 Å². The second-order valence-electron chi connectivity index (χ2n) is 6.22. The van der Waals surface area contributed by atoms with Crippen molar-refractivity contribution < 1.29 is 41.0 Å². The summed E-state index contributed by atoms with van der Waals surface area (Å²) in [6, 6.07) is 9.48. The number of carbonyl (C=O) groups is 1. The molecule has 1 N–H and O–H groups in total. The van der Waals surface area contributed by atoms with Gasteiger partial charge in [-0.05, 0) is 42.5 Å². The molecule has 1 aliphatic heterocycles. The maximum absolute atomic E-state index is 13.8. The second-order valence-corrected chi connectivity index (χ2v) is 6.22. The van der Waals surface area contributed by atoms with Crippen LogP contribution in [0.1, 0.15) is 21.9 Å². The number of anilines is 1. The molecule has 4 rings (SSSR count). The minimum absolute atomic E-state index is 0.0230. The van der Waals surface area contributed by atoms with Gasteiger partial charge in [-0.25, -0.2) is 4.39 Å². The Morgan fingerprint density at radius 1 is 1.03 bits per heavy atom. The smallest absolute Gasteiger partial charge is 0.416 e. The first-order valence-electron chi connectivity index (χ1n) is 8.59. The maximum atomic E-state index is 13.8. The van der Waals surface area contributed by atoms with Gasteiger partial charge in [0.05, 0.1) is 11.3 Å². The summed E-state index contributed by atoms with van der Waals surface area (Å²) in [5.74, 6) is -0.223. The van der Waals surface area contributed by atoms with Crippen LogP contribution in [0.4, 0.5) is 23.2 Å². The van der Waals surface area contributed by atoms with Crippen LogP contribution in [0.25, 0.3) is 0 Å². The van der Waals surface area contributed by atoms with E-state index in [9.17, 15) is 22.4 Å². The average molecular weight is 423 g/mol. The molecule has 1 amide bonds. The molecule has 10 heteroatoms. The summed E-state index contributed by atoms with van der Waals surface area (Å²) in [5, 5.41) is 2.08. The lowest BCUT2D eigenvalue weighted by Crippen LogP contribution is -2.14. The highest BCUT2D eigenvalue weighted by atomic mass is 19.4. The summed E-state index contributed by atoms with van der Waals surface area (Å²) in [5.41, 5.74) is -1.69. The highest BCUT2D eigenvalue weighted by molar-refractivity contribution is 6.02. The van der Waals surface area contributed by atoms with Gasteiger partial charge in [-0.1, -0.05) is 0 Å². The molecule has 0 saturated carbocycles. The molecule has 0 radical (unpaired) electrons. The van der Waals surface area contributed by atoms with Crippen molar-refractivity contribution in [3.8, 4) is 17.2 Å². The largest absolute Gasteiger partial charge is 0.486 e.